The lowest BCUT2D eigenvalue weighted by atomic mass is 10.1. The first-order chi connectivity index (χ1) is 8.90. The molecule has 0 aliphatic heterocycles. The lowest BCUT2D eigenvalue weighted by Gasteiger charge is -2.06. The van der Waals surface area contributed by atoms with Crippen LogP contribution in [-0.4, -0.2) is 37.1 Å². The van der Waals surface area contributed by atoms with E-state index in [9.17, 15) is 9.59 Å². The average molecular weight is 261 g/mol. The Morgan fingerprint density at radius 3 is 2.11 bits per heavy atom. The fourth-order valence-corrected chi connectivity index (χ4v) is 1.87. The molecule has 1 aromatic carbocycles. The summed E-state index contributed by atoms with van der Waals surface area (Å²) in [5.41, 5.74) is 1.26. The smallest absolute Gasteiger partial charge is 0.359 e. The van der Waals surface area contributed by atoms with Gasteiger partial charge in [0.2, 0.25) is 5.69 Å². The van der Waals surface area contributed by atoms with Crippen molar-refractivity contribution in [3.63, 3.8) is 0 Å². The van der Waals surface area contributed by atoms with E-state index >= 15 is 0 Å². The third-order valence-electron chi connectivity index (χ3n) is 2.53. The van der Waals surface area contributed by atoms with Gasteiger partial charge in [0.15, 0.2) is 5.69 Å². The zero-order valence-electron chi connectivity index (χ0n) is 10.3. The molecule has 0 aliphatic carbocycles. The van der Waals surface area contributed by atoms with Gasteiger partial charge in [0.25, 0.3) is 0 Å². The standard InChI is InChI=1S/C12H11N3O4/c1-6-3-7(2)5-8(4-6)15-10(12(18)19)9(11(16)17)13-14-15/h3-5H,1-2H3,(H,16,17)(H,18,19). The van der Waals surface area contributed by atoms with E-state index in [0.29, 0.717) is 5.69 Å². The molecular formula is C12H11N3O4. The van der Waals surface area contributed by atoms with Crippen LogP contribution in [0.1, 0.15) is 32.1 Å². The highest BCUT2D eigenvalue weighted by atomic mass is 16.4. The SMILES string of the molecule is Cc1cc(C)cc(-n2nnc(C(=O)O)c2C(=O)O)c1. The zero-order chi connectivity index (χ0) is 14.2. The molecule has 2 aromatic rings. The van der Waals surface area contributed by atoms with Gasteiger partial charge < -0.3 is 10.2 Å². The molecule has 2 N–H and O–H groups in total. The number of aromatic carboxylic acids is 2. The predicted molar refractivity (Wildman–Crippen MR) is 64.8 cm³/mol. The van der Waals surface area contributed by atoms with Gasteiger partial charge in [0.1, 0.15) is 0 Å². The van der Waals surface area contributed by atoms with Gasteiger partial charge in [0, 0.05) is 0 Å². The van der Waals surface area contributed by atoms with Gasteiger partial charge in [-0.15, -0.1) is 5.10 Å². The van der Waals surface area contributed by atoms with Crippen molar-refractivity contribution in [3.8, 4) is 5.69 Å². The predicted octanol–water partition coefficient (Wildman–Crippen LogP) is 1.28. The lowest BCUT2D eigenvalue weighted by molar-refractivity contribution is 0.0642. The van der Waals surface area contributed by atoms with Gasteiger partial charge in [0.05, 0.1) is 5.69 Å². The summed E-state index contributed by atoms with van der Waals surface area (Å²) in [6, 6.07) is 5.33. The quantitative estimate of drug-likeness (QED) is 0.862. The van der Waals surface area contributed by atoms with E-state index in [-0.39, 0.29) is 0 Å². The second-order valence-electron chi connectivity index (χ2n) is 4.15. The number of aryl methyl sites for hydroxylation is 2. The van der Waals surface area contributed by atoms with Gasteiger partial charge in [-0.25, -0.2) is 14.3 Å². The molecule has 0 spiro atoms. The van der Waals surface area contributed by atoms with Crippen LogP contribution in [0.3, 0.4) is 0 Å². The van der Waals surface area contributed by atoms with Crippen molar-refractivity contribution in [1.82, 2.24) is 15.0 Å². The lowest BCUT2D eigenvalue weighted by Crippen LogP contribution is -2.12. The van der Waals surface area contributed by atoms with Crippen LogP contribution in [0.25, 0.3) is 5.69 Å². The van der Waals surface area contributed by atoms with Crippen molar-refractivity contribution in [3.05, 3.63) is 40.7 Å². The first-order valence-corrected chi connectivity index (χ1v) is 5.41. The minimum atomic E-state index is -1.42. The summed E-state index contributed by atoms with van der Waals surface area (Å²) in [5.74, 6) is -2.81. The number of carboxylic acids is 2. The molecule has 7 heteroatoms. The minimum absolute atomic E-state index is 0.461. The number of carboxylic acid groups (broad SMARTS) is 2. The third kappa shape index (κ3) is 2.30. The Morgan fingerprint density at radius 1 is 1.05 bits per heavy atom. The summed E-state index contributed by atoms with van der Waals surface area (Å²) >= 11 is 0. The number of nitrogens with zero attached hydrogens (tertiary/aromatic N) is 3. The molecule has 0 aliphatic rings. The van der Waals surface area contributed by atoms with E-state index in [4.69, 9.17) is 10.2 Å². The molecule has 0 amide bonds. The van der Waals surface area contributed by atoms with Crippen molar-refractivity contribution < 1.29 is 19.8 Å². The van der Waals surface area contributed by atoms with E-state index in [1.807, 2.05) is 19.9 Å². The molecule has 7 nitrogen and oxygen atoms in total. The van der Waals surface area contributed by atoms with Crippen molar-refractivity contribution >= 4 is 11.9 Å². The summed E-state index contributed by atoms with van der Waals surface area (Å²) < 4.78 is 1.02. The molecule has 0 saturated heterocycles. The maximum Gasteiger partial charge on any atom is 0.359 e. The van der Waals surface area contributed by atoms with Crippen LogP contribution in [0.15, 0.2) is 18.2 Å². The van der Waals surface area contributed by atoms with E-state index in [1.54, 1.807) is 12.1 Å². The molecule has 98 valence electrons. The summed E-state index contributed by atoms with van der Waals surface area (Å²) in [6.07, 6.45) is 0. The number of hydrogen-bond acceptors (Lipinski definition) is 4. The topological polar surface area (TPSA) is 105 Å². The molecular weight excluding hydrogens is 250 g/mol. The number of carbonyl (C=O) groups is 2. The van der Waals surface area contributed by atoms with Crippen LogP contribution in [0, 0.1) is 13.8 Å². The molecule has 2 rings (SSSR count). The Balaban J connectivity index is 2.69. The number of aromatic nitrogens is 3. The monoisotopic (exact) mass is 261 g/mol. The molecule has 0 bridgehead atoms. The normalized spacial score (nSPS) is 10.4. The van der Waals surface area contributed by atoms with Gasteiger partial charge in [-0.1, -0.05) is 11.3 Å². The van der Waals surface area contributed by atoms with Crippen molar-refractivity contribution in [2.75, 3.05) is 0 Å². The first-order valence-electron chi connectivity index (χ1n) is 5.41. The van der Waals surface area contributed by atoms with Crippen molar-refractivity contribution in [1.29, 1.82) is 0 Å². The molecule has 19 heavy (non-hydrogen) atoms. The fourth-order valence-electron chi connectivity index (χ4n) is 1.87. The van der Waals surface area contributed by atoms with E-state index in [1.165, 1.54) is 0 Å². The largest absolute Gasteiger partial charge is 0.476 e. The molecule has 1 aromatic heterocycles. The summed E-state index contributed by atoms with van der Waals surface area (Å²) in [5, 5.41) is 25.0. The average Bonchev–Trinajstić information content (AvgIpc) is 2.71. The molecule has 0 unspecified atom stereocenters. The van der Waals surface area contributed by atoms with Crippen LogP contribution in [0.4, 0.5) is 0 Å². The highest BCUT2D eigenvalue weighted by Gasteiger charge is 2.25. The Hall–Kier alpha value is -2.70. The Labute approximate surface area is 108 Å². The van der Waals surface area contributed by atoms with Crippen LogP contribution >= 0.6 is 0 Å². The van der Waals surface area contributed by atoms with E-state index < -0.39 is 23.3 Å². The maximum absolute atomic E-state index is 11.2. The van der Waals surface area contributed by atoms with E-state index in [0.717, 1.165) is 15.8 Å². The zero-order valence-corrected chi connectivity index (χ0v) is 10.3. The Bertz CT molecular complexity index is 655. The van der Waals surface area contributed by atoms with Crippen molar-refractivity contribution in [2.45, 2.75) is 13.8 Å². The highest BCUT2D eigenvalue weighted by Crippen LogP contribution is 2.16. The fraction of sp³-hybridized carbons (Fsp3) is 0.167. The van der Waals surface area contributed by atoms with Crippen LogP contribution < -0.4 is 0 Å². The van der Waals surface area contributed by atoms with Gasteiger partial charge in [-0.05, 0) is 37.1 Å². The van der Waals surface area contributed by atoms with E-state index in [2.05, 4.69) is 10.3 Å². The van der Waals surface area contributed by atoms with Gasteiger partial charge >= 0.3 is 11.9 Å². The second-order valence-corrected chi connectivity index (χ2v) is 4.15. The van der Waals surface area contributed by atoms with Gasteiger partial charge in [-0.3, -0.25) is 0 Å². The third-order valence-corrected chi connectivity index (χ3v) is 2.53. The number of benzene rings is 1. The highest BCUT2D eigenvalue weighted by molar-refractivity contribution is 5.99. The second kappa shape index (κ2) is 4.52. The van der Waals surface area contributed by atoms with Crippen molar-refractivity contribution in [2.24, 2.45) is 0 Å². The summed E-state index contributed by atoms with van der Waals surface area (Å²) in [4.78, 5) is 22.1. The number of hydrogen-bond donors (Lipinski definition) is 2. The number of rotatable bonds is 3. The maximum atomic E-state index is 11.2. The summed E-state index contributed by atoms with van der Waals surface area (Å²) in [7, 11) is 0. The van der Waals surface area contributed by atoms with Crippen LogP contribution in [0.5, 0.6) is 0 Å². The molecule has 1 heterocycles. The molecule has 0 saturated carbocycles. The Morgan fingerprint density at radius 2 is 1.63 bits per heavy atom. The molecule has 0 fully saturated rings. The molecule has 0 radical (unpaired) electrons. The Kier molecular flexibility index (Phi) is 3.04. The first kappa shape index (κ1) is 12.7. The summed E-state index contributed by atoms with van der Waals surface area (Å²) in [6.45, 7) is 3.71. The van der Waals surface area contributed by atoms with Gasteiger partial charge in [-0.2, -0.15) is 0 Å². The van der Waals surface area contributed by atoms with Crippen LogP contribution in [-0.2, 0) is 0 Å². The minimum Gasteiger partial charge on any atom is -0.476 e. The molecule has 0 atom stereocenters. The van der Waals surface area contributed by atoms with Crippen LogP contribution in [0.2, 0.25) is 0 Å².